The Morgan fingerprint density at radius 2 is 2.16 bits per heavy atom. The highest BCUT2D eigenvalue weighted by Crippen LogP contribution is 2.35. The molecule has 0 N–H and O–H groups in total. The first-order valence-electron chi connectivity index (χ1n) is 9.49. The van der Waals surface area contributed by atoms with Gasteiger partial charge in [0.05, 0.1) is 11.4 Å². The Kier molecular flexibility index (Phi) is 5.20. The summed E-state index contributed by atoms with van der Waals surface area (Å²) in [7, 11) is 4.37. The number of hydrogen-bond donors (Lipinski definition) is 0. The Balaban J connectivity index is 1.37. The van der Waals surface area contributed by atoms with Crippen LogP contribution in [0.15, 0.2) is 10.5 Å². The van der Waals surface area contributed by atoms with Crippen molar-refractivity contribution in [3.05, 3.63) is 22.4 Å². The van der Waals surface area contributed by atoms with Crippen molar-refractivity contribution >= 4 is 11.3 Å². The molecule has 4 rings (SSSR count). The number of likely N-dealkylation sites (tertiary alicyclic amines) is 1. The molecule has 0 bridgehead atoms. The number of aryl methyl sites for hydroxylation is 2. The van der Waals surface area contributed by atoms with Crippen LogP contribution in [-0.4, -0.2) is 53.7 Å². The second-order valence-corrected chi connectivity index (χ2v) is 8.87. The van der Waals surface area contributed by atoms with Crippen molar-refractivity contribution in [3.63, 3.8) is 0 Å². The molecule has 0 amide bonds. The lowest BCUT2D eigenvalue weighted by Crippen LogP contribution is -2.37. The summed E-state index contributed by atoms with van der Waals surface area (Å²) in [5.74, 6) is 2.17. The summed E-state index contributed by atoms with van der Waals surface area (Å²) in [4.78, 5) is 7.41. The van der Waals surface area contributed by atoms with Crippen molar-refractivity contribution in [1.82, 2.24) is 20.0 Å². The van der Waals surface area contributed by atoms with E-state index in [-0.39, 0.29) is 0 Å². The molecule has 1 aliphatic heterocycles. The fraction of sp³-hybridized carbons (Fsp3) is 0.684. The molecule has 0 radical (unpaired) electrons. The van der Waals surface area contributed by atoms with E-state index in [2.05, 4.69) is 40.2 Å². The third-order valence-electron chi connectivity index (χ3n) is 5.37. The second kappa shape index (κ2) is 7.56. The molecular formula is C19H28N4OS. The lowest BCUT2D eigenvalue weighted by molar-refractivity contribution is 0.158. The highest BCUT2D eigenvalue weighted by atomic mass is 32.1. The van der Waals surface area contributed by atoms with E-state index in [0.29, 0.717) is 5.89 Å². The van der Waals surface area contributed by atoms with Crippen molar-refractivity contribution in [2.75, 3.05) is 33.7 Å². The molecule has 1 saturated heterocycles. The lowest BCUT2D eigenvalue weighted by atomic mass is 9.98. The summed E-state index contributed by atoms with van der Waals surface area (Å²) in [5, 5.41) is 8.59. The van der Waals surface area contributed by atoms with Crippen molar-refractivity contribution in [1.29, 1.82) is 0 Å². The molecule has 6 heteroatoms. The topological polar surface area (TPSA) is 45.4 Å². The van der Waals surface area contributed by atoms with Crippen molar-refractivity contribution in [3.8, 4) is 10.8 Å². The number of hydrogen-bond acceptors (Lipinski definition) is 6. The number of fused-ring (bicyclic) bond motifs is 1. The van der Waals surface area contributed by atoms with E-state index in [9.17, 15) is 0 Å². The van der Waals surface area contributed by atoms with Crippen LogP contribution in [0.1, 0.15) is 42.0 Å². The van der Waals surface area contributed by atoms with Gasteiger partial charge in [0.2, 0.25) is 5.89 Å². The van der Waals surface area contributed by atoms with E-state index in [4.69, 9.17) is 4.42 Å². The molecule has 1 atom stereocenters. The summed E-state index contributed by atoms with van der Waals surface area (Å²) in [6.07, 6.45) is 7.65. The van der Waals surface area contributed by atoms with Crippen LogP contribution < -0.4 is 0 Å². The largest absolute Gasteiger partial charge is 0.419 e. The molecule has 2 aromatic heterocycles. The monoisotopic (exact) mass is 360 g/mol. The maximum Gasteiger partial charge on any atom is 0.257 e. The van der Waals surface area contributed by atoms with Gasteiger partial charge in [-0.15, -0.1) is 21.5 Å². The van der Waals surface area contributed by atoms with Crippen LogP contribution in [0.25, 0.3) is 10.8 Å². The summed E-state index contributed by atoms with van der Waals surface area (Å²) >= 11 is 1.83. The zero-order chi connectivity index (χ0) is 17.2. The van der Waals surface area contributed by atoms with E-state index < -0.39 is 0 Å². The molecule has 0 aromatic carbocycles. The normalized spacial score (nSPS) is 21.6. The van der Waals surface area contributed by atoms with Gasteiger partial charge in [-0.1, -0.05) is 0 Å². The maximum atomic E-state index is 5.96. The van der Waals surface area contributed by atoms with Crippen LogP contribution in [0.5, 0.6) is 0 Å². The minimum Gasteiger partial charge on any atom is -0.419 e. The average molecular weight is 361 g/mol. The molecule has 136 valence electrons. The standard InChI is InChI=1S/C19H28N4OS/c1-22-9-5-6-14(11-22)12-23(2)13-18-20-21-19(24-18)17-10-15-7-3-4-8-16(15)25-17/h10,14H,3-9,11-13H2,1-2H3. The van der Waals surface area contributed by atoms with E-state index in [1.807, 2.05) is 11.3 Å². The van der Waals surface area contributed by atoms with Gasteiger partial charge < -0.3 is 9.32 Å². The lowest BCUT2D eigenvalue weighted by Gasteiger charge is -2.32. The molecule has 0 saturated carbocycles. The fourth-order valence-electron chi connectivity index (χ4n) is 4.17. The van der Waals surface area contributed by atoms with Crippen LogP contribution in [0.2, 0.25) is 0 Å². The third-order valence-corrected chi connectivity index (χ3v) is 6.60. The SMILES string of the molecule is CN1CCCC(CN(C)Cc2nnc(-c3cc4c(s3)CCCC4)o2)C1. The molecule has 25 heavy (non-hydrogen) atoms. The van der Waals surface area contributed by atoms with E-state index >= 15 is 0 Å². The predicted molar refractivity (Wildman–Crippen MR) is 101 cm³/mol. The first-order valence-corrected chi connectivity index (χ1v) is 10.3. The van der Waals surface area contributed by atoms with Crippen LogP contribution in [0.4, 0.5) is 0 Å². The zero-order valence-electron chi connectivity index (χ0n) is 15.3. The number of nitrogens with zero attached hydrogens (tertiary/aromatic N) is 4. The van der Waals surface area contributed by atoms with Gasteiger partial charge in [-0.3, -0.25) is 4.90 Å². The third kappa shape index (κ3) is 4.13. The minimum absolute atomic E-state index is 0.695. The van der Waals surface area contributed by atoms with Crippen molar-refractivity contribution in [2.45, 2.75) is 45.1 Å². The fourth-order valence-corrected chi connectivity index (χ4v) is 5.35. The van der Waals surface area contributed by atoms with Gasteiger partial charge in [0.15, 0.2) is 0 Å². The Morgan fingerprint density at radius 3 is 3.00 bits per heavy atom. The molecule has 2 aromatic rings. The maximum absolute atomic E-state index is 5.96. The summed E-state index contributed by atoms with van der Waals surface area (Å²) in [6, 6.07) is 2.26. The van der Waals surface area contributed by atoms with Crippen LogP contribution >= 0.6 is 11.3 Å². The van der Waals surface area contributed by atoms with Gasteiger partial charge in [0.1, 0.15) is 0 Å². The summed E-state index contributed by atoms with van der Waals surface area (Å²) in [5.41, 5.74) is 1.49. The molecular weight excluding hydrogens is 332 g/mol. The van der Waals surface area contributed by atoms with Gasteiger partial charge in [-0.2, -0.15) is 0 Å². The van der Waals surface area contributed by atoms with Gasteiger partial charge in [-0.25, -0.2) is 0 Å². The van der Waals surface area contributed by atoms with Gasteiger partial charge in [0, 0.05) is 18.0 Å². The van der Waals surface area contributed by atoms with Crippen LogP contribution in [0.3, 0.4) is 0 Å². The first-order chi connectivity index (χ1) is 12.2. The predicted octanol–water partition coefficient (Wildman–Crippen LogP) is 3.45. The number of thiophene rings is 1. The molecule has 1 aliphatic carbocycles. The number of piperidine rings is 1. The first kappa shape index (κ1) is 17.2. The Hall–Kier alpha value is -1.24. The van der Waals surface area contributed by atoms with Gasteiger partial charge >= 0.3 is 0 Å². The second-order valence-electron chi connectivity index (χ2n) is 7.73. The molecule has 1 unspecified atom stereocenters. The Labute approximate surface area is 154 Å². The zero-order valence-corrected chi connectivity index (χ0v) is 16.1. The van der Waals surface area contributed by atoms with E-state index in [0.717, 1.165) is 29.8 Å². The molecule has 5 nitrogen and oxygen atoms in total. The highest BCUT2D eigenvalue weighted by molar-refractivity contribution is 7.15. The van der Waals surface area contributed by atoms with Crippen LogP contribution in [-0.2, 0) is 19.4 Å². The van der Waals surface area contributed by atoms with E-state index in [1.165, 1.54) is 62.1 Å². The van der Waals surface area contributed by atoms with E-state index in [1.54, 1.807) is 0 Å². The van der Waals surface area contributed by atoms with Crippen molar-refractivity contribution < 1.29 is 4.42 Å². The highest BCUT2D eigenvalue weighted by Gasteiger charge is 2.21. The van der Waals surface area contributed by atoms with Gasteiger partial charge in [-0.05, 0) is 76.7 Å². The average Bonchev–Trinajstić information content (AvgIpc) is 3.20. The molecule has 1 fully saturated rings. The van der Waals surface area contributed by atoms with Crippen molar-refractivity contribution in [2.24, 2.45) is 5.92 Å². The molecule has 0 spiro atoms. The number of rotatable bonds is 5. The van der Waals surface area contributed by atoms with Crippen LogP contribution in [0, 0.1) is 5.92 Å². The quantitative estimate of drug-likeness (QED) is 0.817. The minimum atomic E-state index is 0.695. The number of aromatic nitrogens is 2. The molecule has 2 aliphatic rings. The molecule has 3 heterocycles. The smallest absolute Gasteiger partial charge is 0.257 e. The Bertz CT molecular complexity index is 687. The summed E-state index contributed by atoms with van der Waals surface area (Å²) in [6.45, 7) is 4.26. The van der Waals surface area contributed by atoms with Gasteiger partial charge in [0.25, 0.3) is 5.89 Å². The Morgan fingerprint density at radius 1 is 1.28 bits per heavy atom. The summed E-state index contributed by atoms with van der Waals surface area (Å²) < 4.78 is 5.96.